The van der Waals surface area contributed by atoms with Crippen LogP contribution in [-0.2, 0) is 20.0 Å². The lowest BCUT2D eigenvalue weighted by Gasteiger charge is -2.23. The summed E-state index contributed by atoms with van der Waals surface area (Å²) >= 11 is 0. The predicted octanol–water partition coefficient (Wildman–Crippen LogP) is 1.85. The Labute approximate surface area is 177 Å². The van der Waals surface area contributed by atoms with Gasteiger partial charge in [-0.15, -0.1) is 0 Å². The molecule has 0 unspecified atom stereocenters. The molecule has 0 aromatic heterocycles. The van der Waals surface area contributed by atoms with Gasteiger partial charge in [0.15, 0.2) is 11.5 Å². The van der Waals surface area contributed by atoms with Gasteiger partial charge in [-0.05, 0) is 37.6 Å². The number of hydrogen-bond acceptors (Lipinski definition) is 6. The molecule has 162 valence electrons. The van der Waals surface area contributed by atoms with Crippen LogP contribution in [0.15, 0.2) is 52.3 Å². The van der Waals surface area contributed by atoms with Gasteiger partial charge in [-0.3, -0.25) is 0 Å². The zero-order chi connectivity index (χ0) is 21.4. The third-order valence-corrected chi connectivity index (χ3v) is 9.03. The average molecular weight is 453 g/mol. The van der Waals surface area contributed by atoms with E-state index in [0.29, 0.717) is 31.1 Å². The number of fused-ring (bicyclic) bond motifs is 1. The Morgan fingerprint density at radius 2 is 1.23 bits per heavy atom. The minimum Gasteiger partial charge on any atom is -0.486 e. The molecule has 8 nitrogen and oxygen atoms in total. The standard InChI is InChI=1S/C20H24N2O6S2/c1-16-3-5-17(6-4-16)29(23,24)21-9-2-10-22(12-11-21)30(25,26)18-7-8-19-20(15-18)28-14-13-27-19/h3-8,15H,2,9-14H2,1H3. The molecule has 4 rings (SSSR count). The molecule has 1 fully saturated rings. The van der Waals surface area contributed by atoms with Gasteiger partial charge in [0, 0.05) is 32.2 Å². The van der Waals surface area contributed by atoms with E-state index in [-0.39, 0.29) is 36.0 Å². The van der Waals surface area contributed by atoms with Crippen LogP contribution >= 0.6 is 0 Å². The van der Waals surface area contributed by atoms with Gasteiger partial charge in [0.1, 0.15) is 13.2 Å². The number of hydrogen-bond donors (Lipinski definition) is 0. The van der Waals surface area contributed by atoms with Gasteiger partial charge >= 0.3 is 0 Å². The molecule has 0 aliphatic carbocycles. The molecule has 2 aliphatic heterocycles. The van der Waals surface area contributed by atoms with Crippen LogP contribution in [0, 0.1) is 6.92 Å². The summed E-state index contributed by atoms with van der Waals surface area (Å²) in [6, 6.07) is 11.2. The predicted molar refractivity (Wildman–Crippen MR) is 111 cm³/mol. The van der Waals surface area contributed by atoms with E-state index < -0.39 is 20.0 Å². The van der Waals surface area contributed by atoms with E-state index in [2.05, 4.69) is 0 Å². The van der Waals surface area contributed by atoms with Crippen molar-refractivity contribution in [3.8, 4) is 11.5 Å². The normalized spacial score (nSPS) is 18.7. The fraction of sp³-hybridized carbons (Fsp3) is 0.400. The summed E-state index contributed by atoms with van der Waals surface area (Å²) in [5.41, 5.74) is 0.974. The van der Waals surface area contributed by atoms with Crippen LogP contribution in [0.3, 0.4) is 0 Å². The molecule has 0 spiro atoms. The molecule has 2 heterocycles. The molecule has 2 aliphatic rings. The monoisotopic (exact) mass is 452 g/mol. The average Bonchev–Trinajstić information content (AvgIpc) is 3.01. The van der Waals surface area contributed by atoms with E-state index >= 15 is 0 Å². The summed E-state index contributed by atoms with van der Waals surface area (Å²) in [4.78, 5) is 0.331. The highest BCUT2D eigenvalue weighted by Crippen LogP contribution is 2.33. The van der Waals surface area contributed by atoms with Gasteiger partial charge in [-0.2, -0.15) is 8.61 Å². The van der Waals surface area contributed by atoms with Crippen molar-refractivity contribution in [3.63, 3.8) is 0 Å². The number of nitrogens with zero attached hydrogens (tertiary/aromatic N) is 2. The molecule has 1 saturated heterocycles. The first-order valence-corrected chi connectivity index (χ1v) is 12.6. The minimum absolute atomic E-state index is 0.0852. The molecule has 2 aromatic carbocycles. The Morgan fingerprint density at radius 3 is 1.87 bits per heavy atom. The molecule has 30 heavy (non-hydrogen) atoms. The lowest BCUT2D eigenvalue weighted by Crippen LogP contribution is -2.37. The fourth-order valence-electron chi connectivity index (χ4n) is 3.54. The Kier molecular flexibility index (Phi) is 5.75. The van der Waals surface area contributed by atoms with Gasteiger partial charge < -0.3 is 9.47 Å². The highest BCUT2D eigenvalue weighted by molar-refractivity contribution is 7.89. The molecule has 0 N–H and O–H groups in total. The zero-order valence-corrected chi connectivity index (χ0v) is 18.3. The van der Waals surface area contributed by atoms with Crippen LogP contribution < -0.4 is 9.47 Å². The van der Waals surface area contributed by atoms with Crippen molar-refractivity contribution in [3.05, 3.63) is 48.0 Å². The van der Waals surface area contributed by atoms with Gasteiger partial charge in [0.25, 0.3) is 0 Å². The van der Waals surface area contributed by atoms with Crippen molar-refractivity contribution in [1.82, 2.24) is 8.61 Å². The molecule has 0 bridgehead atoms. The van der Waals surface area contributed by atoms with E-state index in [4.69, 9.17) is 9.47 Å². The summed E-state index contributed by atoms with van der Waals surface area (Å²) in [7, 11) is -7.45. The number of sulfonamides is 2. The van der Waals surface area contributed by atoms with E-state index in [9.17, 15) is 16.8 Å². The maximum atomic E-state index is 13.2. The molecular weight excluding hydrogens is 428 g/mol. The lowest BCUT2D eigenvalue weighted by atomic mass is 10.2. The number of aryl methyl sites for hydroxylation is 1. The molecule has 0 saturated carbocycles. The summed E-state index contributed by atoms with van der Waals surface area (Å²) in [6.07, 6.45) is 0.412. The Hall–Kier alpha value is -2.14. The van der Waals surface area contributed by atoms with E-state index in [1.807, 2.05) is 6.92 Å². The summed E-state index contributed by atoms with van der Waals surface area (Å²) in [5.74, 6) is 0.923. The van der Waals surface area contributed by atoms with E-state index in [1.54, 1.807) is 30.3 Å². The van der Waals surface area contributed by atoms with Crippen LogP contribution in [0.5, 0.6) is 11.5 Å². The lowest BCUT2D eigenvalue weighted by molar-refractivity contribution is 0.171. The first-order chi connectivity index (χ1) is 14.3. The van der Waals surface area contributed by atoms with Crippen LogP contribution in [0.25, 0.3) is 0 Å². The second kappa shape index (κ2) is 8.18. The van der Waals surface area contributed by atoms with Gasteiger partial charge in [0.05, 0.1) is 9.79 Å². The third-order valence-electron chi connectivity index (χ3n) is 5.22. The van der Waals surface area contributed by atoms with Gasteiger partial charge in [-0.25, -0.2) is 16.8 Å². The molecule has 0 atom stereocenters. The molecule has 0 amide bonds. The number of ether oxygens (including phenoxy) is 2. The van der Waals surface area contributed by atoms with Crippen LogP contribution in [0.2, 0.25) is 0 Å². The molecule has 10 heteroatoms. The maximum absolute atomic E-state index is 13.2. The smallest absolute Gasteiger partial charge is 0.243 e. The third kappa shape index (κ3) is 4.04. The quantitative estimate of drug-likeness (QED) is 0.703. The fourth-order valence-corrected chi connectivity index (χ4v) is 6.50. The maximum Gasteiger partial charge on any atom is 0.243 e. The summed E-state index contributed by atoms with van der Waals surface area (Å²) in [6.45, 7) is 3.38. The first-order valence-electron chi connectivity index (χ1n) is 9.75. The zero-order valence-electron chi connectivity index (χ0n) is 16.7. The van der Waals surface area contributed by atoms with Crippen LogP contribution in [0.1, 0.15) is 12.0 Å². The van der Waals surface area contributed by atoms with Crippen molar-refractivity contribution in [2.75, 3.05) is 39.4 Å². The second-order valence-electron chi connectivity index (χ2n) is 7.28. The SMILES string of the molecule is Cc1ccc(S(=O)(=O)N2CCCN(S(=O)(=O)c3ccc4c(c3)OCCO4)CC2)cc1. The summed E-state index contributed by atoms with van der Waals surface area (Å²) in [5, 5.41) is 0. The molecular formula is C20H24N2O6S2. The number of rotatable bonds is 4. The first kappa shape index (κ1) is 21.1. The Morgan fingerprint density at radius 1 is 0.700 bits per heavy atom. The summed E-state index contributed by atoms with van der Waals surface area (Å²) < 4.78 is 65.9. The highest BCUT2D eigenvalue weighted by Gasteiger charge is 2.32. The van der Waals surface area contributed by atoms with Crippen molar-refractivity contribution >= 4 is 20.0 Å². The van der Waals surface area contributed by atoms with Crippen LogP contribution in [0.4, 0.5) is 0 Å². The topological polar surface area (TPSA) is 93.2 Å². The van der Waals surface area contributed by atoms with Crippen LogP contribution in [-0.4, -0.2) is 64.8 Å². The number of benzene rings is 2. The van der Waals surface area contributed by atoms with Crippen molar-refractivity contribution < 1.29 is 26.3 Å². The Bertz CT molecular complexity index is 1130. The van der Waals surface area contributed by atoms with Crippen molar-refractivity contribution in [2.24, 2.45) is 0 Å². The second-order valence-corrected chi connectivity index (χ2v) is 11.2. The van der Waals surface area contributed by atoms with Gasteiger partial charge in [-0.1, -0.05) is 17.7 Å². The molecule has 2 aromatic rings. The van der Waals surface area contributed by atoms with Crippen molar-refractivity contribution in [2.45, 2.75) is 23.1 Å². The highest BCUT2D eigenvalue weighted by atomic mass is 32.2. The van der Waals surface area contributed by atoms with Crippen molar-refractivity contribution in [1.29, 1.82) is 0 Å². The van der Waals surface area contributed by atoms with E-state index in [0.717, 1.165) is 5.56 Å². The Balaban J connectivity index is 1.53. The van der Waals surface area contributed by atoms with E-state index in [1.165, 1.54) is 20.7 Å². The largest absolute Gasteiger partial charge is 0.486 e. The minimum atomic E-state index is -3.78. The molecule has 0 radical (unpaired) electrons. The van der Waals surface area contributed by atoms with Gasteiger partial charge in [0.2, 0.25) is 20.0 Å².